The highest BCUT2D eigenvalue weighted by Crippen LogP contribution is 2.33. The molecular formula is C25H24F3N9OS2. The maximum absolute atomic E-state index is 13.2. The maximum Gasteiger partial charge on any atom is 0.419 e. The van der Waals surface area contributed by atoms with Crippen LogP contribution in [0.4, 0.5) is 30.1 Å². The van der Waals surface area contributed by atoms with Crippen LogP contribution in [0.2, 0.25) is 0 Å². The van der Waals surface area contributed by atoms with E-state index >= 15 is 0 Å². The number of carbonyl (C=O) groups excluding carboxylic acids is 1. The van der Waals surface area contributed by atoms with Crippen molar-refractivity contribution in [3.05, 3.63) is 57.9 Å². The Bertz CT molecular complexity index is 1500. The Hall–Kier alpha value is -3.98. The Kier molecular flexibility index (Phi) is 7.76. The van der Waals surface area contributed by atoms with Crippen LogP contribution in [0.3, 0.4) is 0 Å². The lowest BCUT2D eigenvalue weighted by Crippen LogP contribution is -2.56. The van der Waals surface area contributed by atoms with E-state index in [2.05, 4.69) is 41.9 Å². The number of aromatic nitrogens is 5. The van der Waals surface area contributed by atoms with Gasteiger partial charge >= 0.3 is 6.18 Å². The first kappa shape index (κ1) is 27.6. The maximum atomic E-state index is 13.2. The van der Waals surface area contributed by atoms with Gasteiger partial charge in [-0.1, -0.05) is 0 Å². The molecule has 1 aliphatic heterocycles. The summed E-state index contributed by atoms with van der Waals surface area (Å²) >= 11 is 3.05. The molecule has 10 nitrogen and oxygen atoms in total. The van der Waals surface area contributed by atoms with E-state index in [1.165, 1.54) is 17.5 Å². The summed E-state index contributed by atoms with van der Waals surface area (Å²) < 4.78 is 38.7. The molecule has 1 fully saturated rings. The third kappa shape index (κ3) is 5.94. The minimum atomic E-state index is -4.52. The highest BCUT2D eigenvalue weighted by Gasteiger charge is 2.34. The molecule has 5 rings (SSSR count). The van der Waals surface area contributed by atoms with Gasteiger partial charge < -0.3 is 15.1 Å². The van der Waals surface area contributed by atoms with Crippen molar-refractivity contribution in [2.24, 2.45) is 4.99 Å². The lowest BCUT2D eigenvalue weighted by Gasteiger charge is -2.40. The molecule has 4 aromatic heterocycles. The number of rotatable bonds is 7. The van der Waals surface area contributed by atoms with E-state index < -0.39 is 11.7 Å². The van der Waals surface area contributed by atoms with Crippen LogP contribution >= 0.6 is 22.7 Å². The van der Waals surface area contributed by atoms with Gasteiger partial charge in [0.2, 0.25) is 5.95 Å². The zero-order valence-electron chi connectivity index (χ0n) is 21.5. The van der Waals surface area contributed by atoms with Crippen LogP contribution in [-0.4, -0.2) is 74.7 Å². The molecule has 0 unspecified atom stereocenters. The molecule has 0 radical (unpaired) electrons. The highest BCUT2D eigenvalue weighted by atomic mass is 32.1. The third-order valence-corrected chi connectivity index (χ3v) is 8.07. The van der Waals surface area contributed by atoms with Crippen LogP contribution in [0.1, 0.15) is 26.6 Å². The number of pyridine rings is 1. The Morgan fingerprint density at radius 1 is 1.15 bits per heavy atom. The lowest BCUT2D eigenvalue weighted by molar-refractivity contribution is -0.138. The second-order valence-corrected chi connectivity index (χ2v) is 11.1. The van der Waals surface area contributed by atoms with Gasteiger partial charge in [-0.3, -0.25) is 9.79 Å². The van der Waals surface area contributed by atoms with Gasteiger partial charge in [0.1, 0.15) is 5.82 Å². The van der Waals surface area contributed by atoms with E-state index in [-0.39, 0.29) is 31.0 Å². The summed E-state index contributed by atoms with van der Waals surface area (Å²) in [6.45, 7) is 8.64. The zero-order chi connectivity index (χ0) is 28.4. The molecule has 0 aromatic carbocycles. The van der Waals surface area contributed by atoms with Crippen molar-refractivity contribution in [3.63, 3.8) is 0 Å². The summed E-state index contributed by atoms with van der Waals surface area (Å²) in [4.78, 5) is 42.9. The summed E-state index contributed by atoms with van der Waals surface area (Å²) in [5.74, 6) is 0.484. The molecule has 15 heteroatoms. The van der Waals surface area contributed by atoms with Crippen LogP contribution in [0.5, 0.6) is 0 Å². The zero-order valence-corrected chi connectivity index (χ0v) is 23.1. The van der Waals surface area contributed by atoms with Crippen molar-refractivity contribution in [2.75, 3.05) is 36.4 Å². The van der Waals surface area contributed by atoms with Crippen LogP contribution in [-0.2, 0) is 6.18 Å². The molecule has 1 atom stereocenters. The molecule has 0 spiro atoms. The van der Waals surface area contributed by atoms with E-state index in [1.807, 2.05) is 19.2 Å². The fraction of sp³-hybridized carbons (Fsp3) is 0.320. The number of halogens is 3. The summed E-state index contributed by atoms with van der Waals surface area (Å²) in [5, 5.41) is 6.79. The topological polar surface area (TPSA) is 112 Å². The van der Waals surface area contributed by atoms with Gasteiger partial charge in [-0.25, -0.2) is 24.9 Å². The lowest BCUT2D eigenvalue weighted by atomic mass is 10.1. The molecule has 5 heterocycles. The standard InChI is InChI=1S/C25H24F3N9OS2/c1-14-21(40-15(2)33-14)19-13-39-24(34-19)35-20-5-4-16(8-30-20)22(38)36-6-7-37(18(12-36)11-29-3)23-31-9-17(10-32-23)25(26,27)28/h4-5,8-10,13,18H,3,6-7,11-12H2,1-2H3,(H,30,34,35)/t18-/m1/s1. The number of anilines is 3. The predicted molar refractivity (Wildman–Crippen MR) is 149 cm³/mol. The molecule has 0 saturated carbocycles. The second-order valence-electron chi connectivity index (χ2n) is 9.02. The molecule has 1 aliphatic rings. The van der Waals surface area contributed by atoms with Gasteiger partial charge in [-0.05, 0) is 32.7 Å². The first-order valence-corrected chi connectivity index (χ1v) is 13.8. The van der Waals surface area contributed by atoms with E-state index in [1.54, 1.807) is 33.3 Å². The summed E-state index contributed by atoms with van der Waals surface area (Å²) in [6.07, 6.45) is -1.50. The summed E-state index contributed by atoms with van der Waals surface area (Å²) in [5.41, 5.74) is 1.28. The second kappa shape index (κ2) is 11.3. The molecule has 4 aromatic rings. The van der Waals surface area contributed by atoms with E-state index in [0.29, 0.717) is 29.6 Å². The van der Waals surface area contributed by atoms with E-state index in [9.17, 15) is 18.0 Å². The fourth-order valence-electron chi connectivity index (χ4n) is 4.32. The van der Waals surface area contributed by atoms with Crippen LogP contribution in [0.15, 0.2) is 41.1 Å². The minimum Gasteiger partial charge on any atom is -0.335 e. The number of hydrogen-bond acceptors (Lipinski definition) is 11. The van der Waals surface area contributed by atoms with Gasteiger partial charge in [0.15, 0.2) is 5.13 Å². The number of piperazine rings is 1. The van der Waals surface area contributed by atoms with Gasteiger partial charge in [-0.15, -0.1) is 22.7 Å². The minimum absolute atomic E-state index is 0.150. The molecule has 0 bridgehead atoms. The van der Waals surface area contributed by atoms with Crippen LogP contribution in [0, 0.1) is 13.8 Å². The van der Waals surface area contributed by atoms with Crippen molar-refractivity contribution >= 4 is 52.2 Å². The van der Waals surface area contributed by atoms with Gasteiger partial charge in [0, 0.05) is 43.6 Å². The monoisotopic (exact) mass is 587 g/mol. The Balaban J connectivity index is 1.23. The van der Waals surface area contributed by atoms with E-state index in [4.69, 9.17) is 0 Å². The number of carbonyl (C=O) groups is 1. The first-order chi connectivity index (χ1) is 19.1. The average molecular weight is 588 g/mol. The summed E-state index contributed by atoms with van der Waals surface area (Å²) in [6, 6.07) is 3.06. The molecule has 0 aliphatic carbocycles. The Morgan fingerprint density at radius 2 is 1.93 bits per heavy atom. The number of alkyl halides is 3. The smallest absolute Gasteiger partial charge is 0.335 e. The number of nitrogens with zero attached hydrogens (tertiary/aromatic N) is 8. The van der Waals surface area contributed by atoms with Crippen molar-refractivity contribution in [2.45, 2.75) is 26.1 Å². The molecule has 1 saturated heterocycles. The number of thiazole rings is 2. The third-order valence-electron chi connectivity index (χ3n) is 6.22. The van der Waals surface area contributed by atoms with Crippen molar-refractivity contribution < 1.29 is 18.0 Å². The Morgan fingerprint density at radius 3 is 2.55 bits per heavy atom. The van der Waals surface area contributed by atoms with Crippen molar-refractivity contribution in [1.82, 2.24) is 29.8 Å². The van der Waals surface area contributed by atoms with Crippen LogP contribution < -0.4 is 10.2 Å². The molecule has 208 valence electrons. The van der Waals surface area contributed by atoms with Crippen molar-refractivity contribution in [3.8, 4) is 10.6 Å². The average Bonchev–Trinajstić information content (AvgIpc) is 3.53. The number of aryl methyl sites for hydroxylation is 2. The Labute approximate surface area is 235 Å². The number of aliphatic imine (C=N–C) groups is 1. The summed E-state index contributed by atoms with van der Waals surface area (Å²) in [7, 11) is 0. The van der Waals surface area contributed by atoms with Gasteiger partial charge in [0.25, 0.3) is 5.91 Å². The number of hydrogen-bond donors (Lipinski definition) is 1. The molecule has 1 N–H and O–H groups in total. The number of amides is 1. The highest BCUT2D eigenvalue weighted by molar-refractivity contribution is 7.16. The predicted octanol–water partition coefficient (Wildman–Crippen LogP) is 4.86. The normalized spacial score (nSPS) is 15.8. The van der Waals surface area contributed by atoms with Gasteiger partial charge in [-0.2, -0.15) is 13.2 Å². The first-order valence-electron chi connectivity index (χ1n) is 12.1. The molecule has 1 amide bonds. The quantitative estimate of drug-likeness (QED) is 0.305. The van der Waals surface area contributed by atoms with Gasteiger partial charge in [0.05, 0.1) is 45.0 Å². The SMILES string of the molecule is C=NC[C@@H]1CN(C(=O)c2ccc(Nc3nc(-c4sc(C)nc4C)cs3)nc2)CCN1c1ncc(C(F)(F)F)cn1. The largest absolute Gasteiger partial charge is 0.419 e. The van der Waals surface area contributed by atoms with E-state index in [0.717, 1.165) is 33.7 Å². The fourth-order valence-corrected chi connectivity index (χ4v) is 5.98. The number of nitrogens with one attached hydrogen (secondary N) is 1. The van der Waals surface area contributed by atoms with Crippen LogP contribution in [0.25, 0.3) is 10.6 Å². The molecule has 40 heavy (non-hydrogen) atoms. The molecular weight excluding hydrogens is 563 g/mol. The van der Waals surface area contributed by atoms with Crippen molar-refractivity contribution in [1.29, 1.82) is 0 Å².